The number of thioether (sulfide) groups is 1. The lowest BCUT2D eigenvalue weighted by Gasteiger charge is -2.23. The van der Waals surface area contributed by atoms with Gasteiger partial charge >= 0.3 is 0 Å². The molecule has 0 saturated carbocycles. The molecule has 1 aliphatic rings. The average molecular weight is 552 g/mol. The number of amides is 1. The Hall–Kier alpha value is -3.60. The smallest absolute Gasteiger partial charge is 0.266 e. The normalized spacial score (nSPS) is 14.0. The summed E-state index contributed by atoms with van der Waals surface area (Å²) in [5.74, 6) is -0.635. The highest BCUT2D eigenvalue weighted by Gasteiger charge is 2.17. The molecule has 39 heavy (non-hydrogen) atoms. The first-order valence-corrected chi connectivity index (χ1v) is 13.9. The van der Waals surface area contributed by atoms with Gasteiger partial charge in [-0.1, -0.05) is 23.9 Å². The molecule has 1 amide bonds. The number of ether oxygens (including phenoxy) is 1. The van der Waals surface area contributed by atoms with Gasteiger partial charge in [0.25, 0.3) is 11.5 Å². The topological polar surface area (TPSA) is 77.7 Å². The minimum absolute atomic E-state index is 0.229. The van der Waals surface area contributed by atoms with Crippen LogP contribution in [0.15, 0.2) is 76.7 Å². The van der Waals surface area contributed by atoms with E-state index in [9.17, 15) is 18.4 Å². The van der Waals surface area contributed by atoms with Crippen LogP contribution in [0.2, 0.25) is 0 Å². The molecule has 0 atom stereocenters. The van der Waals surface area contributed by atoms with Crippen LogP contribution in [0.3, 0.4) is 0 Å². The zero-order valence-corrected chi connectivity index (χ0v) is 22.1. The first kappa shape index (κ1) is 27.0. The third-order valence-electron chi connectivity index (χ3n) is 6.64. The summed E-state index contributed by atoms with van der Waals surface area (Å²) in [4.78, 5) is 32.6. The number of morpholine rings is 1. The number of fused-ring (bicyclic) bond motifs is 1. The van der Waals surface area contributed by atoms with Crippen LogP contribution in [-0.4, -0.2) is 54.9 Å². The van der Waals surface area contributed by atoms with Crippen molar-refractivity contribution < 1.29 is 23.2 Å². The predicted octanol–water partition coefficient (Wildman–Crippen LogP) is 2.99. The Labute approximate surface area is 228 Å². The molecule has 0 spiro atoms. The molecule has 10 heteroatoms. The molecule has 2 heterocycles. The van der Waals surface area contributed by atoms with Crippen LogP contribution in [0.4, 0.5) is 8.78 Å². The van der Waals surface area contributed by atoms with Crippen molar-refractivity contribution in [1.82, 2.24) is 14.9 Å². The molecule has 0 unspecified atom stereocenters. The van der Waals surface area contributed by atoms with Crippen molar-refractivity contribution in [2.75, 3.05) is 39.4 Å². The second kappa shape index (κ2) is 12.5. The molecule has 202 valence electrons. The van der Waals surface area contributed by atoms with Crippen LogP contribution in [0, 0.1) is 11.6 Å². The number of halogens is 2. The van der Waals surface area contributed by atoms with Crippen LogP contribution < -0.4 is 15.8 Å². The Balaban J connectivity index is 1.39. The fraction of sp³-hybridized carbons (Fsp3) is 0.276. The fourth-order valence-electron chi connectivity index (χ4n) is 4.55. The van der Waals surface area contributed by atoms with Gasteiger partial charge in [-0.3, -0.25) is 14.2 Å². The molecule has 4 aromatic rings. The summed E-state index contributed by atoms with van der Waals surface area (Å²) in [6.45, 7) is 5.04. The van der Waals surface area contributed by atoms with E-state index in [-0.39, 0.29) is 17.3 Å². The van der Waals surface area contributed by atoms with E-state index in [1.165, 1.54) is 57.6 Å². The molecule has 1 fully saturated rings. The predicted molar refractivity (Wildman–Crippen MR) is 147 cm³/mol. The van der Waals surface area contributed by atoms with E-state index >= 15 is 0 Å². The van der Waals surface area contributed by atoms with Gasteiger partial charge in [0.05, 0.1) is 36.3 Å². The third kappa shape index (κ3) is 6.70. The highest BCUT2D eigenvalue weighted by atomic mass is 32.2. The van der Waals surface area contributed by atoms with Crippen molar-refractivity contribution in [2.24, 2.45) is 0 Å². The molecule has 5 rings (SSSR count). The molecule has 2 N–H and O–H groups in total. The van der Waals surface area contributed by atoms with E-state index in [2.05, 4.69) is 5.32 Å². The number of carbonyl (C=O) groups is 1. The summed E-state index contributed by atoms with van der Waals surface area (Å²) in [7, 11) is 0. The van der Waals surface area contributed by atoms with Gasteiger partial charge in [-0.2, -0.15) is 0 Å². The Morgan fingerprint density at radius 2 is 1.82 bits per heavy atom. The number of hydrogen-bond donors (Lipinski definition) is 2. The summed E-state index contributed by atoms with van der Waals surface area (Å²) in [6, 6.07) is 16.6. The highest BCUT2D eigenvalue weighted by Crippen LogP contribution is 2.25. The zero-order valence-electron chi connectivity index (χ0n) is 21.3. The number of rotatable bonds is 9. The molecule has 0 bridgehead atoms. The molecule has 3 aromatic carbocycles. The molecule has 1 saturated heterocycles. The Bertz CT molecular complexity index is 1520. The average Bonchev–Trinajstić information content (AvgIpc) is 2.95. The van der Waals surface area contributed by atoms with Crippen LogP contribution in [0.5, 0.6) is 0 Å². The van der Waals surface area contributed by atoms with E-state index in [1.807, 2.05) is 0 Å². The number of nitrogens with zero attached hydrogens (tertiary/aromatic N) is 2. The van der Waals surface area contributed by atoms with E-state index < -0.39 is 5.82 Å². The molecule has 0 radical (unpaired) electrons. The number of nitrogens with one attached hydrogen (secondary N) is 2. The lowest BCUT2D eigenvalue weighted by molar-refractivity contribution is -0.908. The van der Waals surface area contributed by atoms with Crippen LogP contribution in [-0.2, 0) is 10.5 Å². The lowest BCUT2D eigenvalue weighted by atomic mass is 10.1. The molecule has 1 aromatic heterocycles. The maximum absolute atomic E-state index is 13.7. The second-order valence-electron chi connectivity index (χ2n) is 9.38. The number of carbonyl (C=O) groups excluding carboxylic acids is 1. The first-order chi connectivity index (χ1) is 19.0. The van der Waals surface area contributed by atoms with Crippen molar-refractivity contribution in [2.45, 2.75) is 17.3 Å². The quantitative estimate of drug-likeness (QED) is 0.190. The summed E-state index contributed by atoms with van der Waals surface area (Å²) in [5.41, 5.74) is 1.64. The van der Waals surface area contributed by atoms with Crippen LogP contribution in [0.1, 0.15) is 22.3 Å². The summed E-state index contributed by atoms with van der Waals surface area (Å²) < 4.78 is 34.1. The summed E-state index contributed by atoms with van der Waals surface area (Å²) in [6.07, 6.45) is 0.857. The minimum Gasteiger partial charge on any atom is -0.370 e. The maximum atomic E-state index is 13.7. The third-order valence-corrected chi connectivity index (χ3v) is 7.64. The van der Waals surface area contributed by atoms with Gasteiger partial charge in [-0.05, 0) is 60.2 Å². The fourth-order valence-corrected chi connectivity index (χ4v) is 5.50. The van der Waals surface area contributed by atoms with E-state index in [0.29, 0.717) is 39.6 Å². The van der Waals surface area contributed by atoms with Gasteiger partial charge in [0.2, 0.25) is 0 Å². The lowest BCUT2D eigenvalue weighted by Crippen LogP contribution is -3.14. The minimum atomic E-state index is -0.420. The van der Waals surface area contributed by atoms with E-state index in [0.717, 1.165) is 44.8 Å². The Morgan fingerprint density at radius 3 is 2.59 bits per heavy atom. The standard InChI is InChI=1S/C29H28F2N4O3S/c30-22-6-8-24(9-7-22)35-28(37)25-10-5-21(27(36)32-11-2-12-34-13-15-38-16-14-34)18-26(25)33-29(35)39-19-20-3-1-4-23(31)17-20/h1,3-10,17-18H,2,11-16,19H2,(H,32,36)/p+1. The monoisotopic (exact) mass is 551 g/mol. The zero-order chi connectivity index (χ0) is 27.2. The molecular formula is C29H29F2N4O3S+. The van der Waals surface area contributed by atoms with Gasteiger partial charge in [0, 0.05) is 24.3 Å². The number of quaternary nitrogens is 1. The summed E-state index contributed by atoms with van der Waals surface area (Å²) >= 11 is 1.26. The SMILES string of the molecule is O=C(NCCC[NH+]1CCOCC1)c1ccc2c(=O)n(-c3ccc(F)cc3)c(SCc3cccc(F)c3)nc2c1. The Kier molecular flexibility index (Phi) is 8.65. The molecular weight excluding hydrogens is 522 g/mol. The van der Waals surface area contributed by atoms with Crippen molar-refractivity contribution in [1.29, 1.82) is 0 Å². The summed E-state index contributed by atoms with van der Waals surface area (Å²) in [5, 5.41) is 3.65. The van der Waals surface area contributed by atoms with Gasteiger partial charge in [-0.25, -0.2) is 13.8 Å². The van der Waals surface area contributed by atoms with E-state index in [1.54, 1.807) is 30.3 Å². The van der Waals surface area contributed by atoms with Gasteiger partial charge in [0.1, 0.15) is 24.7 Å². The van der Waals surface area contributed by atoms with Crippen molar-refractivity contribution in [3.8, 4) is 5.69 Å². The van der Waals surface area contributed by atoms with Gasteiger partial charge in [-0.15, -0.1) is 0 Å². The Morgan fingerprint density at radius 1 is 1.03 bits per heavy atom. The van der Waals surface area contributed by atoms with Gasteiger partial charge in [0.15, 0.2) is 5.16 Å². The largest absolute Gasteiger partial charge is 0.370 e. The number of hydrogen-bond acceptors (Lipinski definition) is 5. The van der Waals surface area contributed by atoms with Gasteiger partial charge < -0.3 is 15.0 Å². The van der Waals surface area contributed by atoms with Crippen molar-refractivity contribution in [3.63, 3.8) is 0 Å². The first-order valence-electron chi connectivity index (χ1n) is 12.9. The highest BCUT2D eigenvalue weighted by molar-refractivity contribution is 7.98. The van der Waals surface area contributed by atoms with Crippen molar-refractivity contribution in [3.05, 3.63) is 99.8 Å². The van der Waals surface area contributed by atoms with Crippen LogP contribution in [0.25, 0.3) is 16.6 Å². The molecule has 1 aliphatic heterocycles. The van der Waals surface area contributed by atoms with E-state index in [4.69, 9.17) is 9.72 Å². The molecule has 7 nitrogen and oxygen atoms in total. The maximum Gasteiger partial charge on any atom is 0.266 e. The number of aromatic nitrogens is 2. The van der Waals surface area contributed by atoms with Crippen LogP contribution >= 0.6 is 11.8 Å². The second-order valence-corrected chi connectivity index (χ2v) is 10.3. The number of benzene rings is 3. The molecule has 0 aliphatic carbocycles. The van der Waals surface area contributed by atoms with Crippen molar-refractivity contribution >= 4 is 28.6 Å².